The van der Waals surface area contributed by atoms with Gasteiger partial charge in [-0.1, -0.05) is 36.8 Å². The van der Waals surface area contributed by atoms with Gasteiger partial charge in [-0.25, -0.2) is 0 Å². The highest BCUT2D eigenvalue weighted by molar-refractivity contribution is 6.34. The van der Waals surface area contributed by atoms with E-state index in [0.717, 1.165) is 18.3 Å². The number of allylic oxidation sites excluding steroid dienone is 5. The van der Waals surface area contributed by atoms with Crippen LogP contribution in [0, 0.1) is 0 Å². The molecule has 0 N–H and O–H groups in total. The molecule has 0 saturated heterocycles. The topological polar surface area (TPSA) is 17.1 Å². The normalized spacial score (nSPS) is 13.8. The molecule has 0 atom stereocenters. The first-order chi connectivity index (χ1) is 5.67. The molecule has 0 aliphatic carbocycles. The third-order valence-electron chi connectivity index (χ3n) is 1.63. The van der Waals surface area contributed by atoms with Crippen LogP contribution in [-0.4, -0.2) is 6.29 Å². The summed E-state index contributed by atoms with van der Waals surface area (Å²) in [6.07, 6.45) is 4.79. The highest BCUT2D eigenvalue weighted by atomic mass is 35.5. The molecule has 0 saturated carbocycles. The van der Waals surface area contributed by atoms with Gasteiger partial charge in [-0.2, -0.15) is 0 Å². The molecule has 2 heteroatoms. The number of halogens is 1. The van der Waals surface area contributed by atoms with Gasteiger partial charge in [-0.3, -0.25) is 4.79 Å². The number of hydrogen-bond acceptors (Lipinski definition) is 1. The summed E-state index contributed by atoms with van der Waals surface area (Å²) in [5.74, 6) is 0. The second-order valence-electron chi connectivity index (χ2n) is 2.42. The van der Waals surface area contributed by atoms with Crippen molar-refractivity contribution < 1.29 is 4.79 Å². The average molecular weight is 185 g/mol. The first-order valence-corrected chi connectivity index (χ1v) is 4.18. The maximum atomic E-state index is 10.6. The lowest BCUT2D eigenvalue weighted by Crippen LogP contribution is -1.89. The van der Waals surface area contributed by atoms with E-state index >= 15 is 0 Å². The summed E-state index contributed by atoms with van der Waals surface area (Å²) in [4.78, 5) is 10.6. The van der Waals surface area contributed by atoms with Gasteiger partial charge in [0.05, 0.1) is 5.03 Å². The zero-order chi connectivity index (χ0) is 9.56. The van der Waals surface area contributed by atoms with Crippen molar-refractivity contribution in [1.82, 2.24) is 0 Å². The van der Waals surface area contributed by atoms with E-state index in [1.807, 2.05) is 13.8 Å². The molecule has 0 aromatic carbocycles. The van der Waals surface area contributed by atoms with Gasteiger partial charge in [0.15, 0.2) is 6.29 Å². The lowest BCUT2D eigenvalue weighted by Gasteiger charge is -2.01. The molecule has 0 rings (SSSR count). The van der Waals surface area contributed by atoms with E-state index in [2.05, 4.69) is 6.58 Å². The molecule has 1 nitrogen and oxygen atoms in total. The van der Waals surface area contributed by atoms with Crippen LogP contribution in [0.4, 0.5) is 0 Å². The molecule has 0 spiro atoms. The van der Waals surface area contributed by atoms with Gasteiger partial charge in [-0.15, -0.1) is 0 Å². The minimum Gasteiger partial charge on any atom is -0.298 e. The molecule has 0 heterocycles. The average Bonchev–Trinajstić information content (AvgIpc) is 2.06. The maximum absolute atomic E-state index is 10.6. The molecule has 0 amide bonds. The van der Waals surface area contributed by atoms with E-state index < -0.39 is 0 Å². The Balaban J connectivity index is 4.90. The SMILES string of the molecule is C=C/C=C(Cl)\C(C=O)=C(\C)CC. The molecular weight excluding hydrogens is 172 g/mol. The van der Waals surface area contributed by atoms with Crippen LogP contribution >= 0.6 is 11.6 Å². The zero-order valence-corrected chi connectivity index (χ0v) is 8.19. The summed E-state index contributed by atoms with van der Waals surface area (Å²) in [5, 5.41) is 0.458. The van der Waals surface area contributed by atoms with Crippen molar-refractivity contribution in [2.75, 3.05) is 0 Å². The number of aldehydes is 1. The molecule has 12 heavy (non-hydrogen) atoms. The highest BCUT2D eigenvalue weighted by Gasteiger charge is 2.02. The highest BCUT2D eigenvalue weighted by Crippen LogP contribution is 2.18. The molecule has 0 unspecified atom stereocenters. The number of rotatable bonds is 4. The lowest BCUT2D eigenvalue weighted by molar-refractivity contribution is -0.104. The Morgan fingerprint density at radius 3 is 2.50 bits per heavy atom. The summed E-state index contributed by atoms with van der Waals surface area (Å²) in [7, 11) is 0. The second-order valence-corrected chi connectivity index (χ2v) is 2.82. The molecular formula is C10H13ClO. The van der Waals surface area contributed by atoms with Crippen LogP contribution in [-0.2, 0) is 4.79 Å². The van der Waals surface area contributed by atoms with Crippen molar-refractivity contribution in [3.63, 3.8) is 0 Å². The molecule has 0 aromatic rings. The van der Waals surface area contributed by atoms with E-state index in [1.165, 1.54) is 0 Å². The predicted octanol–water partition coefficient (Wildman–Crippen LogP) is 3.22. The fourth-order valence-corrected chi connectivity index (χ4v) is 1.04. The van der Waals surface area contributed by atoms with E-state index in [-0.39, 0.29) is 0 Å². The Morgan fingerprint density at radius 2 is 2.17 bits per heavy atom. The van der Waals surface area contributed by atoms with Crippen LogP contribution in [0.15, 0.2) is 34.9 Å². The third-order valence-corrected chi connectivity index (χ3v) is 1.96. The third kappa shape index (κ3) is 3.05. The van der Waals surface area contributed by atoms with Gasteiger partial charge < -0.3 is 0 Å². The standard InChI is InChI=1S/C10H13ClO/c1-4-6-10(11)9(7-12)8(3)5-2/h4,6-7H,1,5H2,2-3H3/b9-8-,10-6+. The quantitative estimate of drug-likeness (QED) is 0.373. The second kappa shape index (κ2) is 5.78. The number of carbonyl (C=O) groups excluding carboxylic acids is 1. The minimum absolute atomic E-state index is 0.458. The van der Waals surface area contributed by atoms with Crippen LogP contribution < -0.4 is 0 Å². The van der Waals surface area contributed by atoms with Crippen LogP contribution in [0.5, 0.6) is 0 Å². The number of hydrogen-bond donors (Lipinski definition) is 0. The fraction of sp³-hybridized carbons (Fsp3) is 0.300. The Labute approximate surface area is 78.4 Å². The fourth-order valence-electron chi connectivity index (χ4n) is 0.744. The molecule has 66 valence electrons. The van der Waals surface area contributed by atoms with Crippen LogP contribution in [0.2, 0.25) is 0 Å². The van der Waals surface area contributed by atoms with E-state index in [1.54, 1.807) is 12.2 Å². The van der Waals surface area contributed by atoms with Gasteiger partial charge in [0.2, 0.25) is 0 Å². The first kappa shape index (κ1) is 11.2. The van der Waals surface area contributed by atoms with Crippen molar-refractivity contribution in [2.45, 2.75) is 20.3 Å². The summed E-state index contributed by atoms with van der Waals surface area (Å²) < 4.78 is 0. The Hall–Kier alpha value is -0.820. The van der Waals surface area contributed by atoms with Crippen LogP contribution in [0.1, 0.15) is 20.3 Å². The van der Waals surface area contributed by atoms with Gasteiger partial charge >= 0.3 is 0 Å². The predicted molar refractivity (Wildman–Crippen MR) is 53.2 cm³/mol. The Bertz CT molecular complexity index is 236. The summed E-state index contributed by atoms with van der Waals surface area (Å²) in [5.41, 5.74) is 1.56. The van der Waals surface area contributed by atoms with Crippen molar-refractivity contribution in [1.29, 1.82) is 0 Å². The summed E-state index contributed by atoms with van der Waals surface area (Å²) >= 11 is 5.82. The largest absolute Gasteiger partial charge is 0.298 e. The molecule has 0 bridgehead atoms. The van der Waals surface area contributed by atoms with Crippen molar-refractivity contribution in [3.8, 4) is 0 Å². The molecule has 0 aliphatic heterocycles. The Kier molecular flexibility index (Phi) is 5.39. The van der Waals surface area contributed by atoms with E-state index in [0.29, 0.717) is 10.6 Å². The summed E-state index contributed by atoms with van der Waals surface area (Å²) in [6.45, 7) is 7.38. The van der Waals surface area contributed by atoms with E-state index in [9.17, 15) is 4.79 Å². The zero-order valence-electron chi connectivity index (χ0n) is 7.43. The smallest absolute Gasteiger partial charge is 0.151 e. The lowest BCUT2D eigenvalue weighted by atomic mass is 10.1. The van der Waals surface area contributed by atoms with Crippen LogP contribution in [0.25, 0.3) is 0 Å². The summed E-state index contributed by atoms with van der Waals surface area (Å²) in [6, 6.07) is 0. The molecule has 0 aromatic heterocycles. The van der Waals surface area contributed by atoms with Crippen LogP contribution in [0.3, 0.4) is 0 Å². The van der Waals surface area contributed by atoms with Crippen molar-refractivity contribution >= 4 is 17.9 Å². The van der Waals surface area contributed by atoms with Crippen molar-refractivity contribution in [3.05, 3.63) is 34.9 Å². The molecule has 0 fully saturated rings. The monoisotopic (exact) mass is 184 g/mol. The first-order valence-electron chi connectivity index (χ1n) is 3.80. The maximum Gasteiger partial charge on any atom is 0.151 e. The van der Waals surface area contributed by atoms with Gasteiger partial charge in [0.1, 0.15) is 0 Å². The van der Waals surface area contributed by atoms with E-state index in [4.69, 9.17) is 11.6 Å². The molecule has 0 aliphatic rings. The van der Waals surface area contributed by atoms with Gasteiger partial charge in [-0.05, 0) is 19.4 Å². The van der Waals surface area contributed by atoms with Crippen molar-refractivity contribution in [2.24, 2.45) is 0 Å². The number of carbonyl (C=O) groups is 1. The van der Waals surface area contributed by atoms with Gasteiger partial charge in [0, 0.05) is 5.57 Å². The minimum atomic E-state index is 0.458. The molecule has 0 radical (unpaired) electrons. The van der Waals surface area contributed by atoms with Gasteiger partial charge in [0.25, 0.3) is 0 Å². The Morgan fingerprint density at radius 1 is 1.58 bits per heavy atom.